The van der Waals surface area contributed by atoms with E-state index in [0.717, 1.165) is 44.9 Å². The molecule has 1 amide bonds. The number of rotatable bonds is 64. The summed E-state index contributed by atoms with van der Waals surface area (Å²) in [5.41, 5.74) is 0. The summed E-state index contributed by atoms with van der Waals surface area (Å²) in [6.07, 6.45) is 83.6. The van der Waals surface area contributed by atoms with E-state index in [9.17, 15) is 19.8 Å². The number of carbonyl (C=O) groups excluding carboxylic acids is 2. The van der Waals surface area contributed by atoms with Gasteiger partial charge in [0, 0.05) is 12.8 Å². The van der Waals surface area contributed by atoms with Crippen molar-refractivity contribution in [3.05, 3.63) is 36.5 Å². The number of amides is 1. The monoisotopic (exact) mass is 1070 g/mol. The van der Waals surface area contributed by atoms with Crippen LogP contribution >= 0.6 is 0 Å². The first-order chi connectivity index (χ1) is 37.5. The Balaban J connectivity index is 3.36. The third-order valence-electron chi connectivity index (χ3n) is 15.9. The molecule has 2 unspecified atom stereocenters. The molecule has 0 aromatic heterocycles. The van der Waals surface area contributed by atoms with Gasteiger partial charge in [-0.25, -0.2) is 0 Å². The first-order valence-corrected chi connectivity index (χ1v) is 34.3. The topological polar surface area (TPSA) is 95.9 Å². The Morgan fingerprint density at radius 3 is 0.934 bits per heavy atom. The van der Waals surface area contributed by atoms with Crippen molar-refractivity contribution in [2.45, 2.75) is 386 Å². The largest absolute Gasteiger partial charge is 0.466 e. The standard InChI is InChI=1S/C70H133NO5/c1-3-5-7-9-11-13-15-17-35-40-44-48-52-56-60-64-70(75)76-65-61-57-53-49-45-41-37-34-32-30-28-26-24-22-20-18-19-21-23-25-27-29-31-33-36-39-43-47-51-55-59-63-69(74)71-67(66-72)68(73)62-58-54-50-46-42-38-16-14-12-10-8-6-4-2/h17,20,22,35,58,62,67-68,72-73H,3-16,18-19,21,23-34,36-57,59-61,63-66H2,1-2H3,(H,71,74)/b22-20-,35-17-,62-58+. The highest BCUT2D eigenvalue weighted by molar-refractivity contribution is 5.76. The summed E-state index contributed by atoms with van der Waals surface area (Å²) in [6, 6.07) is -0.625. The van der Waals surface area contributed by atoms with Gasteiger partial charge in [-0.15, -0.1) is 0 Å². The second-order valence-corrected chi connectivity index (χ2v) is 23.5. The molecule has 0 bridgehead atoms. The minimum absolute atomic E-state index is 0.00964. The summed E-state index contributed by atoms with van der Waals surface area (Å²) in [4.78, 5) is 24.5. The number of hydrogen-bond donors (Lipinski definition) is 3. The zero-order valence-electron chi connectivity index (χ0n) is 51.3. The van der Waals surface area contributed by atoms with Crippen molar-refractivity contribution in [1.82, 2.24) is 5.32 Å². The number of aliphatic hydroxyl groups excluding tert-OH is 2. The number of unbranched alkanes of at least 4 members (excludes halogenated alkanes) is 49. The predicted octanol–water partition coefficient (Wildman–Crippen LogP) is 21.9. The van der Waals surface area contributed by atoms with Gasteiger partial charge in [-0.1, -0.05) is 314 Å². The lowest BCUT2D eigenvalue weighted by molar-refractivity contribution is -0.143. The Morgan fingerprint density at radius 1 is 0.355 bits per heavy atom. The fourth-order valence-electron chi connectivity index (χ4n) is 10.6. The number of aliphatic hydroxyl groups is 2. The van der Waals surface area contributed by atoms with E-state index in [-0.39, 0.29) is 18.5 Å². The van der Waals surface area contributed by atoms with Gasteiger partial charge in [-0.05, 0) is 83.5 Å². The van der Waals surface area contributed by atoms with E-state index in [1.165, 1.54) is 302 Å². The van der Waals surface area contributed by atoms with Gasteiger partial charge < -0.3 is 20.3 Å². The molecule has 76 heavy (non-hydrogen) atoms. The van der Waals surface area contributed by atoms with Crippen LogP contribution in [0.4, 0.5) is 0 Å². The van der Waals surface area contributed by atoms with E-state index < -0.39 is 12.1 Å². The van der Waals surface area contributed by atoms with Crippen LogP contribution in [0.2, 0.25) is 0 Å². The molecule has 0 fully saturated rings. The average Bonchev–Trinajstić information content (AvgIpc) is 3.42. The van der Waals surface area contributed by atoms with Gasteiger partial charge in [0.2, 0.25) is 5.91 Å². The summed E-state index contributed by atoms with van der Waals surface area (Å²) in [7, 11) is 0. The highest BCUT2D eigenvalue weighted by Gasteiger charge is 2.18. The summed E-state index contributed by atoms with van der Waals surface area (Å²) < 4.78 is 5.49. The summed E-state index contributed by atoms with van der Waals surface area (Å²) in [5.74, 6) is -0.0553. The van der Waals surface area contributed by atoms with Gasteiger partial charge in [-0.3, -0.25) is 9.59 Å². The fourth-order valence-corrected chi connectivity index (χ4v) is 10.6. The molecule has 0 radical (unpaired) electrons. The van der Waals surface area contributed by atoms with Gasteiger partial charge in [0.25, 0.3) is 0 Å². The molecular weight excluding hydrogens is 935 g/mol. The van der Waals surface area contributed by atoms with Crippen molar-refractivity contribution in [3.8, 4) is 0 Å². The number of nitrogens with one attached hydrogen (secondary N) is 1. The zero-order chi connectivity index (χ0) is 55.0. The molecule has 0 saturated heterocycles. The maximum Gasteiger partial charge on any atom is 0.305 e. The van der Waals surface area contributed by atoms with Crippen LogP contribution in [0.3, 0.4) is 0 Å². The van der Waals surface area contributed by atoms with Crippen molar-refractivity contribution in [3.63, 3.8) is 0 Å². The van der Waals surface area contributed by atoms with Gasteiger partial charge >= 0.3 is 5.97 Å². The number of carbonyl (C=O) groups is 2. The first-order valence-electron chi connectivity index (χ1n) is 34.3. The van der Waals surface area contributed by atoms with Crippen molar-refractivity contribution in [1.29, 1.82) is 0 Å². The Bertz CT molecular complexity index is 1230. The van der Waals surface area contributed by atoms with Crippen LogP contribution in [0.1, 0.15) is 373 Å². The molecule has 6 heteroatoms. The Hall–Kier alpha value is -1.92. The molecule has 0 rings (SSSR count). The molecule has 2 atom stereocenters. The average molecular weight is 1070 g/mol. The van der Waals surface area contributed by atoms with Gasteiger partial charge in [0.05, 0.1) is 25.4 Å². The second kappa shape index (κ2) is 65.6. The van der Waals surface area contributed by atoms with Gasteiger partial charge in [0.1, 0.15) is 0 Å². The third-order valence-corrected chi connectivity index (χ3v) is 15.9. The summed E-state index contributed by atoms with van der Waals surface area (Å²) >= 11 is 0. The minimum Gasteiger partial charge on any atom is -0.466 e. The second-order valence-electron chi connectivity index (χ2n) is 23.5. The van der Waals surface area contributed by atoms with Crippen LogP contribution in [0.25, 0.3) is 0 Å². The highest BCUT2D eigenvalue weighted by Crippen LogP contribution is 2.18. The van der Waals surface area contributed by atoms with Crippen molar-refractivity contribution in [2.75, 3.05) is 13.2 Å². The molecule has 0 aromatic carbocycles. The SMILES string of the molecule is CCCCCCCC/C=C\CCCCCCCC(=O)OCCCCCCCCCCCCCC/C=C\CCCCCCCCCCCCCCCCCC(=O)NC(CO)C(O)/C=C/CCCCCCCCCCCCC. The molecule has 448 valence electrons. The molecule has 6 nitrogen and oxygen atoms in total. The number of hydrogen-bond acceptors (Lipinski definition) is 5. The van der Waals surface area contributed by atoms with Crippen LogP contribution in [-0.2, 0) is 14.3 Å². The quantitative estimate of drug-likeness (QED) is 0.0320. The smallest absolute Gasteiger partial charge is 0.305 e. The van der Waals surface area contributed by atoms with E-state index in [2.05, 4.69) is 43.5 Å². The molecule has 0 aliphatic carbocycles. The van der Waals surface area contributed by atoms with Crippen LogP contribution in [0.15, 0.2) is 36.5 Å². The minimum atomic E-state index is -0.842. The van der Waals surface area contributed by atoms with E-state index in [1.54, 1.807) is 6.08 Å². The van der Waals surface area contributed by atoms with Crippen molar-refractivity contribution in [2.24, 2.45) is 0 Å². The molecular formula is C70H133NO5. The number of allylic oxidation sites excluding steroid dienone is 5. The maximum atomic E-state index is 12.5. The van der Waals surface area contributed by atoms with Crippen LogP contribution < -0.4 is 5.32 Å². The van der Waals surface area contributed by atoms with E-state index in [4.69, 9.17) is 4.74 Å². The number of ether oxygens (including phenoxy) is 1. The van der Waals surface area contributed by atoms with Crippen LogP contribution in [0, 0.1) is 0 Å². The predicted molar refractivity (Wildman–Crippen MR) is 333 cm³/mol. The zero-order valence-corrected chi connectivity index (χ0v) is 51.3. The van der Waals surface area contributed by atoms with E-state index in [0.29, 0.717) is 19.4 Å². The first kappa shape index (κ1) is 74.1. The van der Waals surface area contributed by atoms with Crippen LogP contribution in [0.5, 0.6) is 0 Å². The molecule has 3 N–H and O–H groups in total. The van der Waals surface area contributed by atoms with Crippen molar-refractivity contribution >= 4 is 11.9 Å². The van der Waals surface area contributed by atoms with Gasteiger partial charge in [-0.2, -0.15) is 0 Å². The maximum absolute atomic E-state index is 12.5. The normalized spacial score (nSPS) is 12.7. The Labute approximate surface area is 474 Å². The lowest BCUT2D eigenvalue weighted by atomic mass is 10.0. The van der Waals surface area contributed by atoms with E-state index >= 15 is 0 Å². The molecule has 0 saturated carbocycles. The summed E-state index contributed by atoms with van der Waals surface area (Å²) in [5, 5.41) is 23.1. The Morgan fingerprint density at radius 2 is 0.618 bits per heavy atom. The third kappa shape index (κ3) is 61.3. The van der Waals surface area contributed by atoms with Crippen molar-refractivity contribution < 1.29 is 24.5 Å². The fraction of sp³-hybridized carbons (Fsp3) is 0.886. The molecule has 0 heterocycles. The molecule has 0 aliphatic rings. The summed E-state index contributed by atoms with van der Waals surface area (Å²) in [6.45, 7) is 4.91. The van der Waals surface area contributed by atoms with Crippen LogP contribution in [-0.4, -0.2) is 47.4 Å². The lowest BCUT2D eigenvalue weighted by Gasteiger charge is -2.20. The van der Waals surface area contributed by atoms with E-state index in [1.807, 2.05) is 6.08 Å². The highest BCUT2D eigenvalue weighted by atomic mass is 16.5. The molecule has 0 aliphatic heterocycles. The molecule has 0 spiro atoms. The number of esters is 1. The van der Waals surface area contributed by atoms with Gasteiger partial charge in [0.15, 0.2) is 0 Å². The molecule has 0 aromatic rings. The Kier molecular flexibility index (Phi) is 63.9. The lowest BCUT2D eigenvalue weighted by Crippen LogP contribution is -2.45.